The van der Waals surface area contributed by atoms with E-state index in [-0.39, 0.29) is 0 Å². The molecule has 1 fully saturated rings. The van der Waals surface area contributed by atoms with Crippen LogP contribution in [0.3, 0.4) is 0 Å². The van der Waals surface area contributed by atoms with E-state index in [1.807, 2.05) is 12.3 Å². The van der Waals surface area contributed by atoms with Crippen LogP contribution in [-0.2, 0) is 0 Å². The van der Waals surface area contributed by atoms with Crippen LogP contribution in [0, 0.1) is 0 Å². The molecule has 0 unspecified atom stereocenters. The standard InChI is InChI=1S/C25H30N4/c26-24-11-15-27-19-25(24)28-22-12-16-29(17-13-22)18-14-23(20-7-3-1-4-8-20)21-9-5-2-6-10-21/h1-11,15,19,22-23,28H,12-14,16-18H2,(H2,26,27). The van der Waals surface area contributed by atoms with Gasteiger partial charge in [-0.15, -0.1) is 0 Å². The minimum absolute atomic E-state index is 0.448. The smallest absolute Gasteiger partial charge is 0.0762 e. The molecule has 29 heavy (non-hydrogen) atoms. The molecule has 1 aliphatic heterocycles. The van der Waals surface area contributed by atoms with E-state index in [0.29, 0.717) is 12.0 Å². The maximum absolute atomic E-state index is 6.04. The van der Waals surface area contributed by atoms with Gasteiger partial charge >= 0.3 is 0 Å². The molecule has 0 saturated carbocycles. The van der Waals surface area contributed by atoms with E-state index in [1.54, 1.807) is 6.20 Å². The number of anilines is 2. The average molecular weight is 387 g/mol. The molecule has 0 amide bonds. The van der Waals surface area contributed by atoms with E-state index in [9.17, 15) is 0 Å². The second-order valence-corrected chi connectivity index (χ2v) is 7.89. The fourth-order valence-corrected chi connectivity index (χ4v) is 4.25. The highest BCUT2D eigenvalue weighted by Gasteiger charge is 2.21. The summed E-state index contributed by atoms with van der Waals surface area (Å²) in [6, 6.07) is 24.1. The number of nitrogens with zero attached hydrogens (tertiary/aromatic N) is 2. The van der Waals surface area contributed by atoms with E-state index in [4.69, 9.17) is 5.73 Å². The molecule has 0 atom stereocenters. The number of likely N-dealkylation sites (tertiary alicyclic amines) is 1. The molecule has 0 spiro atoms. The normalized spacial score (nSPS) is 15.5. The molecule has 150 valence electrons. The van der Waals surface area contributed by atoms with Gasteiger partial charge in [0.05, 0.1) is 17.6 Å². The first kappa shape index (κ1) is 19.5. The van der Waals surface area contributed by atoms with Crippen LogP contribution < -0.4 is 11.1 Å². The number of nitrogens with two attached hydrogens (primary N) is 1. The van der Waals surface area contributed by atoms with Crippen molar-refractivity contribution in [2.24, 2.45) is 0 Å². The molecule has 2 aromatic carbocycles. The highest BCUT2D eigenvalue weighted by molar-refractivity contribution is 5.64. The Labute approximate surface area is 173 Å². The van der Waals surface area contributed by atoms with Crippen molar-refractivity contribution in [2.45, 2.75) is 31.2 Å². The summed E-state index contributed by atoms with van der Waals surface area (Å²) >= 11 is 0. The average Bonchev–Trinajstić information content (AvgIpc) is 2.78. The molecule has 0 radical (unpaired) electrons. The molecular formula is C25H30N4. The molecule has 3 N–H and O–H groups in total. The zero-order chi connectivity index (χ0) is 19.9. The number of hydrogen-bond acceptors (Lipinski definition) is 4. The molecule has 4 rings (SSSR count). The number of nitrogen functional groups attached to an aromatic ring is 1. The molecule has 1 saturated heterocycles. The van der Waals surface area contributed by atoms with Gasteiger partial charge in [-0.3, -0.25) is 4.98 Å². The van der Waals surface area contributed by atoms with E-state index in [1.165, 1.54) is 11.1 Å². The molecule has 3 aromatic rings. The molecular weight excluding hydrogens is 356 g/mol. The lowest BCUT2D eigenvalue weighted by molar-refractivity contribution is 0.214. The minimum Gasteiger partial charge on any atom is -0.397 e. The van der Waals surface area contributed by atoms with Crippen LogP contribution in [0.4, 0.5) is 11.4 Å². The Morgan fingerprint density at radius 3 is 2.14 bits per heavy atom. The summed E-state index contributed by atoms with van der Waals surface area (Å²) in [6.45, 7) is 3.36. The first-order chi connectivity index (χ1) is 14.3. The summed E-state index contributed by atoms with van der Waals surface area (Å²) in [6.07, 6.45) is 6.97. The van der Waals surface area contributed by atoms with Crippen LogP contribution >= 0.6 is 0 Å². The van der Waals surface area contributed by atoms with Gasteiger partial charge in [-0.05, 0) is 43.0 Å². The van der Waals surface area contributed by atoms with Gasteiger partial charge < -0.3 is 16.0 Å². The highest BCUT2D eigenvalue weighted by Crippen LogP contribution is 2.29. The van der Waals surface area contributed by atoms with Crippen molar-refractivity contribution < 1.29 is 0 Å². The number of rotatable bonds is 7. The molecule has 4 heteroatoms. The monoisotopic (exact) mass is 386 g/mol. The summed E-state index contributed by atoms with van der Waals surface area (Å²) in [5.74, 6) is 0.448. The van der Waals surface area contributed by atoms with E-state index in [0.717, 1.165) is 50.3 Å². The Morgan fingerprint density at radius 2 is 1.55 bits per heavy atom. The Kier molecular flexibility index (Phi) is 6.42. The van der Waals surface area contributed by atoms with Crippen LogP contribution in [0.25, 0.3) is 0 Å². The van der Waals surface area contributed by atoms with Gasteiger partial charge in [0.2, 0.25) is 0 Å². The second kappa shape index (κ2) is 9.57. The Hall–Kier alpha value is -2.85. The van der Waals surface area contributed by atoms with Crippen LogP contribution in [0.15, 0.2) is 79.1 Å². The summed E-state index contributed by atoms with van der Waals surface area (Å²) in [5, 5.41) is 3.57. The number of nitrogens with one attached hydrogen (secondary N) is 1. The molecule has 4 nitrogen and oxygen atoms in total. The SMILES string of the molecule is Nc1ccncc1NC1CCN(CCC(c2ccccc2)c2ccccc2)CC1. The summed E-state index contributed by atoms with van der Waals surface area (Å²) in [5.41, 5.74) is 10.6. The third kappa shape index (κ3) is 5.15. The number of hydrogen-bond donors (Lipinski definition) is 2. The molecule has 2 heterocycles. The van der Waals surface area contributed by atoms with Crippen molar-refractivity contribution in [2.75, 3.05) is 30.7 Å². The number of aromatic nitrogens is 1. The maximum Gasteiger partial charge on any atom is 0.0762 e. The first-order valence-electron chi connectivity index (χ1n) is 10.6. The van der Waals surface area contributed by atoms with E-state index < -0.39 is 0 Å². The van der Waals surface area contributed by atoms with Gasteiger partial charge in [-0.1, -0.05) is 60.7 Å². The maximum atomic E-state index is 6.04. The Balaban J connectivity index is 1.33. The van der Waals surface area contributed by atoms with Crippen molar-refractivity contribution >= 4 is 11.4 Å². The van der Waals surface area contributed by atoms with Gasteiger partial charge in [-0.2, -0.15) is 0 Å². The zero-order valence-corrected chi connectivity index (χ0v) is 16.9. The van der Waals surface area contributed by atoms with Crippen molar-refractivity contribution in [3.8, 4) is 0 Å². The van der Waals surface area contributed by atoms with Crippen molar-refractivity contribution in [3.05, 3.63) is 90.3 Å². The largest absolute Gasteiger partial charge is 0.397 e. The van der Waals surface area contributed by atoms with Gasteiger partial charge in [0, 0.05) is 31.2 Å². The summed E-state index contributed by atoms with van der Waals surface area (Å²) in [7, 11) is 0. The van der Waals surface area contributed by atoms with Gasteiger partial charge in [0.1, 0.15) is 0 Å². The Morgan fingerprint density at radius 1 is 0.931 bits per heavy atom. The van der Waals surface area contributed by atoms with Crippen molar-refractivity contribution in [3.63, 3.8) is 0 Å². The molecule has 0 aliphatic carbocycles. The molecule has 1 aromatic heterocycles. The Bertz CT molecular complexity index is 834. The number of pyridine rings is 1. The van der Waals surface area contributed by atoms with Gasteiger partial charge in [0.15, 0.2) is 0 Å². The lowest BCUT2D eigenvalue weighted by Crippen LogP contribution is -2.40. The van der Waals surface area contributed by atoms with Crippen LogP contribution in [0.5, 0.6) is 0 Å². The predicted molar refractivity (Wildman–Crippen MR) is 121 cm³/mol. The second-order valence-electron chi connectivity index (χ2n) is 7.89. The van der Waals surface area contributed by atoms with Gasteiger partial charge in [-0.25, -0.2) is 0 Å². The van der Waals surface area contributed by atoms with Crippen LogP contribution in [0.2, 0.25) is 0 Å². The third-order valence-corrected chi connectivity index (χ3v) is 5.94. The van der Waals surface area contributed by atoms with E-state index >= 15 is 0 Å². The quantitative estimate of drug-likeness (QED) is 0.615. The zero-order valence-electron chi connectivity index (χ0n) is 16.9. The molecule has 1 aliphatic rings. The van der Waals surface area contributed by atoms with Crippen LogP contribution in [0.1, 0.15) is 36.3 Å². The summed E-state index contributed by atoms with van der Waals surface area (Å²) in [4.78, 5) is 6.78. The van der Waals surface area contributed by atoms with E-state index in [2.05, 4.69) is 75.9 Å². The third-order valence-electron chi connectivity index (χ3n) is 5.94. The highest BCUT2D eigenvalue weighted by atomic mass is 15.1. The predicted octanol–water partition coefficient (Wildman–Crippen LogP) is 4.76. The number of piperidine rings is 1. The first-order valence-corrected chi connectivity index (χ1v) is 10.6. The fourth-order valence-electron chi connectivity index (χ4n) is 4.25. The molecule has 0 bridgehead atoms. The van der Waals surface area contributed by atoms with Crippen molar-refractivity contribution in [1.29, 1.82) is 0 Å². The van der Waals surface area contributed by atoms with Gasteiger partial charge in [0.25, 0.3) is 0 Å². The van der Waals surface area contributed by atoms with Crippen LogP contribution in [-0.4, -0.2) is 35.6 Å². The minimum atomic E-state index is 0.448. The number of benzene rings is 2. The van der Waals surface area contributed by atoms with Crippen molar-refractivity contribution in [1.82, 2.24) is 9.88 Å². The fraction of sp³-hybridized carbons (Fsp3) is 0.320. The topological polar surface area (TPSA) is 54.2 Å². The summed E-state index contributed by atoms with van der Waals surface area (Å²) < 4.78 is 0. The lowest BCUT2D eigenvalue weighted by Gasteiger charge is -2.34. The lowest BCUT2D eigenvalue weighted by atomic mass is 9.88.